The Balaban J connectivity index is 7.69. The third-order valence-corrected chi connectivity index (χ3v) is 5.48. The first kappa shape index (κ1) is 46.3. The Hall–Kier alpha value is -2.66. The summed E-state index contributed by atoms with van der Waals surface area (Å²) in [6, 6.07) is 0. The maximum absolute atomic E-state index is 14.3. The van der Waals surface area contributed by atoms with Gasteiger partial charge in [0.05, 0.1) is 0 Å². The average molecular weight is 806 g/mol. The van der Waals surface area contributed by atoms with Crippen molar-refractivity contribution in [2.24, 2.45) is 0 Å². The highest BCUT2D eigenvalue weighted by Crippen LogP contribution is 2.63. The van der Waals surface area contributed by atoms with Crippen LogP contribution in [0.2, 0.25) is 0 Å². The number of alkyl halides is 26. The maximum atomic E-state index is 14.3. The molecule has 31 heteroatoms. The van der Waals surface area contributed by atoms with Gasteiger partial charge in [-0.15, -0.1) is 0 Å². The van der Waals surface area contributed by atoms with Crippen molar-refractivity contribution >= 4 is 0 Å². The van der Waals surface area contributed by atoms with E-state index in [1.807, 2.05) is 0 Å². The molecule has 49 heavy (non-hydrogen) atoms. The summed E-state index contributed by atoms with van der Waals surface area (Å²) in [5.74, 6) is -87.8. The minimum Gasteiger partial charge on any atom is -0.353 e. The molecule has 0 amide bonds. The summed E-state index contributed by atoms with van der Waals surface area (Å²) in [4.78, 5) is 0. The first-order valence-corrected chi connectivity index (χ1v) is 10.5. The standard InChI is InChI=1S/C18H4F30O/c19-5(20)1-3(7(23,24)9(27,28)11(31,32)13(35,36)15(39,40)17(43,44)45)49-4(2-6(21)22)8(25,26)10(29,30)12(33,34)14(37,38)16(41,42)18(46,47)48/h1-4H. The van der Waals surface area contributed by atoms with Crippen molar-refractivity contribution in [1.82, 2.24) is 0 Å². The van der Waals surface area contributed by atoms with Crippen molar-refractivity contribution in [2.75, 3.05) is 0 Å². The van der Waals surface area contributed by atoms with Gasteiger partial charge in [0.2, 0.25) is 0 Å². The smallest absolute Gasteiger partial charge is 0.353 e. The second-order valence-corrected chi connectivity index (χ2v) is 8.73. The molecule has 0 aliphatic rings. The Morgan fingerprint density at radius 2 is 0.490 bits per heavy atom. The van der Waals surface area contributed by atoms with E-state index < -0.39 is 108 Å². The molecule has 0 N–H and O–H groups in total. The number of rotatable bonds is 14. The monoisotopic (exact) mass is 806 g/mol. The lowest BCUT2D eigenvalue weighted by atomic mass is 9.90. The molecular formula is C18H4F30O. The number of hydrogen-bond donors (Lipinski definition) is 0. The highest BCUT2D eigenvalue weighted by molar-refractivity contribution is 5.18. The van der Waals surface area contributed by atoms with E-state index in [0.29, 0.717) is 0 Å². The molecule has 0 fully saturated rings. The van der Waals surface area contributed by atoms with Gasteiger partial charge in [-0.25, -0.2) is 0 Å². The van der Waals surface area contributed by atoms with Gasteiger partial charge < -0.3 is 4.74 Å². The zero-order valence-electron chi connectivity index (χ0n) is 21.1. The van der Waals surface area contributed by atoms with Crippen LogP contribution in [0.1, 0.15) is 0 Å². The van der Waals surface area contributed by atoms with Gasteiger partial charge in [-0.05, 0) is 0 Å². The largest absolute Gasteiger partial charge is 0.460 e. The van der Waals surface area contributed by atoms with Crippen molar-refractivity contribution in [3.63, 3.8) is 0 Å². The molecule has 0 heterocycles. The third-order valence-electron chi connectivity index (χ3n) is 5.48. The Morgan fingerprint density at radius 3 is 0.653 bits per heavy atom. The summed E-state index contributed by atoms with van der Waals surface area (Å²) in [7, 11) is 0. The van der Waals surface area contributed by atoms with Gasteiger partial charge >= 0.3 is 71.6 Å². The zero-order chi connectivity index (χ0) is 40.4. The fourth-order valence-corrected chi connectivity index (χ4v) is 2.77. The summed E-state index contributed by atoms with van der Waals surface area (Å²) >= 11 is 0. The Bertz CT molecular complexity index is 1130. The van der Waals surface area contributed by atoms with E-state index in [9.17, 15) is 132 Å². The third kappa shape index (κ3) is 6.87. The Labute approximate surface area is 246 Å². The van der Waals surface area contributed by atoms with E-state index in [2.05, 4.69) is 4.74 Å². The predicted octanol–water partition coefficient (Wildman–Crippen LogP) is 10.8. The van der Waals surface area contributed by atoms with E-state index >= 15 is 0 Å². The molecule has 2 unspecified atom stereocenters. The van der Waals surface area contributed by atoms with Crippen LogP contribution in [-0.4, -0.2) is 83.8 Å². The summed E-state index contributed by atoms with van der Waals surface area (Å²) in [5, 5.41) is 0. The SMILES string of the molecule is FC(F)=CC(OC(C=C(F)F)C(F)(F)C(F)(F)C(F)(F)C(F)(F)C(F)(F)C(F)(F)F)C(F)(F)C(F)(F)C(F)(F)C(F)(F)C(F)(F)C(F)(F)F. The summed E-state index contributed by atoms with van der Waals surface area (Å²) in [5.41, 5.74) is 0. The van der Waals surface area contributed by atoms with E-state index in [4.69, 9.17) is 0 Å². The van der Waals surface area contributed by atoms with Crippen LogP contribution in [0.3, 0.4) is 0 Å². The van der Waals surface area contributed by atoms with Gasteiger partial charge in [0.1, 0.15) is 0 Å². The second kappa shape index (κ2) is 12.5. The van der Waals surface area contributed by atoms with E-state index in [1.54, 1.807) is 0 Å². The number of halogens is 30. The fourth-order valence-electron chi connectivity index (χ4n) is 2.77. The average Bonchev–Trinajstić information content (AvgIpc) is 2.84. The summed E-state index contributed by atoms with van der Waals surface area (Å²) in [6.45, 7) is 0. The van der Waals surface area contributed by atoms with Gasteiger partial charge in [0.25, 0.3) is 12.2 Å². The van der Waals surface area contributed by atoms with Crippen LogP contribution in [0.25, 0.3) is 0 Å². The Morgan fingerprint density at radius 1 is 0.306 bits per heavy atom. The quantitative estimate of drug-likeness (QED) is 0.159. The molecule has 0 bridgehead atoms. The molecule has 0 aromatic heterocycles. The normalized spacial score (nSPS) is 17.1. The van der Waals surface area contributed by atoms with Crippen molar-refractivity contribution in [2.45, 2.75) is 83.8 Å². The van der Waals surface area contributed by atoms with Crippen LogP contribution in [0.5, 0.6) is 0 Å². The van der Waals surface area contributed by atoms with Crippen molar-refractivity contribution in [1.29, 1.82) is 0 Å². The highest BCUT2D eigenvalue weighted by Gasteiger charge is 2.93. The molecule has 0 spiro atoms. The van der Waals surface area contributed by atoms with E-state index in [1.165, 1.54) is 0 Å². The second-order valence-electron chi connectivity index (χ2n) is 8.73. The van der Waals surface area contributed by atoms with Crippen molar-refractivity contribution in [3.05, 3.63) is 24.3 Å². The van der Waals surface area contributed by atoms with Gasteiger partial charge in [0.15, 0.2) is 12.2 Å². The summed E-state index contributed by atoms with van der Waals surface area (Å²) in [6.07, 6.45) is -42.4. The molecule has 0 aromatic rings. The van der Waals surface area contributed by atoms with Crippen LogP contribution < -0.4 is 0 Å². The van der Waals surface area contributed by atoms with Crippen LogP contribution in [-0.2, 0) is 4.74 Å². The molecule has 2 atom stereocenters. The molecule has 1 nitrogen and oxygen atoms in total. The molecule has 0 saturated carbocycles. The topological polar surface area (TPSA) is 9.23 Å². The van der Waals surface area contributed by atoms with Crippen LogP contribution in [0.4, 0.5) is 132 Å². The molecule has 0 rings (SSSR count). The van der Waals surface area contributed by atoms with Crippen LogP contribution in [0, 0.1) is 0 Å². The zero-order valence-corrected chi connectivity index (χ0v) is 21.1. The van der Waals surface area contributed by atoms with Gasteiger partial charge in [-0.2, -0.15) is 132 Å². The Kier molecular flexibility index (Phi) is 11.9. The van der Waals surface area contributed by atoms with E-state index in [-0.39, 0.29) is 0 Å². The highest BCUT2D eigenvalue weighted by atomic mass is 19.4. The molecule has 292 valence electrons. The molecule has 0 aliphatic heterocycles. The fraction of sp³-hybridized carbons (Fsp3) is 0.778. The van der Waals surface area contributed by atoms with E-state index in [0.717, 1.165) is 0 Å². The molecule has 0 aliphatic carbocycles. The van der Waals surface area contributed by atoms with Crippen molar-refractivity contribution < 1.29 is 136 Å². The minimum absolute atomic E-state index is 2.35. The van der Waals surface area contributed by atoms with Gasteiger partial charge in [0, 0.05) is 12.2 Å². The first-order chi connectivity index (χ1) is 20.8. The molecule has 0 saturated heterocycles. The number of hydrogen-bond acceptors (Lipinski definition) is 1. The van der Waals surface area contributed by atoms with Crippen LogP contribution in [0.15, 0.2) is 24.3 Å². The minimum atomic E-state index is -9.06. The molecule has 0 aromatic carbocycles. The lowest BCUT2D eigenvalue weighted by Gasteiger charge is -2.43. The number of ether oxygens (including phenoxy) is 1. The maximum Gasteiger partial charge on any atom is 0.460 e. The summed E-state index contributed by atoms with van der Waals surface area (Å²) < 4.78 is 399. The lowest BCUT2D eigenvalue weighted by Crippen LogP contribution is -2.73. The first-order valence-electron chi connectivity index (χ1n) is 10.5. The molecule has 0 radical (unpaired) electrons. The van der Waals surface area contributed by atoms with Gasteiger partial charge in [-0.3, -0.25) is 0 Å². The molecular weight excluding hydrogens is 802 g/mol. The lowest BCUT2D eigenvalue weighted by molar-refractivity contribution is -0.450. The van der Waals surface area contributed by atoms with Crippen molar-refractivity contribution in [3.8, 4) is 0 Å². The van der Waals surface area contributed by atoms with Gasteiger partial charge in [-0.1, -0.05) is 0 Å². The van der Waals surface area contributed by atoms with Crippen LogP contribution >= 0.6 is 0 Å². The predicted molar refractivity (Wildman–Crippen MR) is 90.8 cm³/mol.